The molecule has 146 valence electrons. The van der Waals surface area contributed by atoms with Crippen molar-refractivity contribution in [3.8, 4) is 17.2 Å². The fourth-order valence-corrected chi connectivity index (χ4v) is 3.65. The lowest BCUT2D eigenvalue weighted by Crippen LogP contribution is -2.05. The number of benzene rings is 1. The Balaban J connectivity index is 1.90. The van der Waals surface area contributed by atoms with Crippen molar-refractivity contribution in [2.75, 3.05) is 19.6 Å². The van der Waals surface area contributed by atoms with Crippen molar-refractivity contribution >= 4 is 39.6 Å². The average molecular weight is 400 g/mol. The molecule has 0 amide bonds. The van der Waals surface area contributed by atoms with Gasteiger partial charge in [-0.2, -0.15) is 5.10 Å². The molecule has 3 aromatic rings. The van der Waals surface area contributed by atoms with Crippen molar-refractivity contribution in [2.45, 2.75) is 20.8 Å². The number of methoxy groups -OCH3 is 2. The first-order chi connectivity index (χ1) is 13.4. The van der Waals surface area contributed by atoms with Crippen LogP contribution in [0, 0.1) is 13.8 Å². The molecule has 0 aliphatic rings. The standard InChI is InChI=1S/C19H20N4O4S/c1-10-11(2)28-19-16(10)18(20-9-21-19)23-22-8-13-6-14(25-4)17(27-12(3)24)15(7-13)26-5/h6-9H,1-5H3,(H,20,21,23)/b22-8-. The molecule has 0 saturated carbocycles. The summed E-state index contributed by atoms with van der Waals surface area (Å²) in [4.78, 5) is 22.0. The highest BCUT2D eigenvalue weighted by Crippen LogP contribution is 2.38. The smallest absolute Gasteiger partial charge is 0.308 e. The van der Waals surface area contributed by atoms with Gasteiger partial charge in [-0.05, 0) is 31.5 Å². The van der Waals surface area contributed by atoms with Crippen LogP contribution < -0.4 is 19.6 Å². The summed E-state index contributed by atoms with van der Waals surface area (Å²) in [5, 5.41) is 5.23. The maximum absolute atomic E-state index is 11.3. The minimum Gasteiger partial charge on any atom is -0.493 e. The van der Waals surface area contributed by atoms with Crippen molar-refractivity contribution in [3.05, 3.63) is 34.5 Å². The molecule has 0 fully saturated rings. The second-order valence-corrected chi connectivity index (χ2v) is 7.11. The van der Waals surface area contributed by atoms with E-state index in [0.29, 0.717) is 22.9 Å². The van der Waals surface area contributed by atoms with Crippen LogP contribution in [0.15, 0.2) is 23.6 Å². The van der Waals surface area contributed by atoms with Gasteiger partial charge in [-0.3, -0.25) is 10.2 Å². The molecule has 0 radical (unpaired) electrons. The number of ether oxygens (including phenoxy) is 3. The average Bonchev–Trinajstić information content (AvgIpc) is 2.96. The van der Waals surface area contributed by atoms with Crippen molar-refractivity contribution in [1.29, 1.82) is 0 Å². The molecule has 28 heavy (non-hydrogen) atoms. The van der Waals surface area contributed by atoms with Crippen molar-refractivity contribution < 1.29 is 19.0 Å². The molecule has 0 atom stereocenters. The Hall–Kier alpha value is -3.20. The fraction of sp³-hybridized carbons (Fsp3) is 0.263. The van der Waals surface area contributed by atoms with E-state index in [1.165, 1.54) is 32.3 Å². The van der Waals surface area contributed by atoms with Crippen LogP contribution in [0.25, 0.3) is 10.2 Å². The van der Waals surface area contributed by atoms with E-state index in [1.807, 2.05) is 6.92 Å². The highest BCUT2D eigenvalue weighted by atomic mass is 32.1. The largest absolute Gasteiger partial charge is 0.493 e. The second-order valence-electron chi connectivity index (χ2n) is 5.90. The second kappa shape index (κ2) is 8.22. The first-order valence-electron chi connectivity index (χ1n) is 8.38. The van der Waals surface area contributed by atoms with E-state index < -0.39 is 5.97 Å². The molecule has 0 unspecified atom stereocenters. The summed E-state index contributed by atoms with van der Waals surface area (Å²) in [5.41, 5.74) is 4.80. The van der Waals surface area contributed by atoms with Crippen LogP contribution >= 0.6 is 11.3 Å². The number of hydrogen-bond donors (Lipinski definition) is 1. The van der Waals surface area contributed by atoms with Gasteiger partial charge in [0.1, 0.15) is 11.2 Å². The molecular weight excluding hydrogens is 380 g/mol. The summed E-state index contributed by atoms with van der Waals surface area (Å²) in [6.45, 7) is 5.41. The summed E-state index contributed by atoms with van der Waals surface area (Å²) >= 11 is 1.62. The van der Waals surface area contributed by atoms with Crippen LogP contribution in [-0.2, 0) is 4.79 Å². The zero-order valence-corrected chi connectivity index (χ0v) is 17.0. The fourth-order valence-electron chi connectivity index (χ4n) is 2.65. The summed E-state index contributed by atoms with van der Waals surface area (Å²) < 4.78 is 15.8. The van der Waals surface area contributed by atoms with Crippen LogP contribution in [-0.4, -0.2) is 36.4 Å². The number of anilines is 1. The molecule has 2 aromatic heterocycles. The molecule has 1 aromatic carbocycles. The van der Waals surface area contributed by atoms with Crippen LogP contribution in [0.5, 0.6) is 17.2 Å². The maximum atomic E-state index is 11.3. The van der Waals surface area contributed by atoms with Gasteiger partial charge < -0.3 is 14.2 Å². The predicted octanol–water partition coefficient (Wildman–Crippen LogP) is 3.70. The van der Waals surface area contributed by atoms with Crippen molar-refractivity contribution in [1.82, 2.24) is 9.97 Å². The highest BCUT2D eigenvalue weighted by molar-refractivity contribution is 7.18. The zero-order chi connectivity index (χ0) is 20.3. The number of aromatic nitrogens is 2. The molecule has 9 heteroatoms. The van der Waals surface area contributed by atoms with Gasteiger partial charge in [0.25, 0.3) is 0 Å². The van der Waals surface area contributed by atoms with Crippen LogP contribution in [0.4, 0.5) is 5.82 Å². The third-order valence-electron chi connectivity index (χ3n) is 4.08. The van der Waals surface area contributed by atoms with E-state index in [2.05, 4.69) is 27.4 Å². The van der Waals surface area contributed by atoms with Gasteiger partial charge in [0.15, 0.2) is 17.3 Å². The number of rotatable bonds is 6. The maximum Gasteiger partial charge on any atom is 0.308 e. The minimum absolute atomic E-state index is 0.226. The Morgan fingerprint density at radius 3 is 2.46 bits per heavy atom. The number of aryl methyl sites for hydroxylation is 2. The number of nitrogens with one attached hydrogen (secondary N) is 1. The van der Waals surface area contributed by atoms with E-state index in [9.17, 15) is 4.79 Å². The van der Waals surface area contributed by atoms with Crippen LogP contribution in [0.3, 0.4) is 0 Å². The number of carbonyl (C=O) groups excluding carboxylic acids is 1. The molecule has 0 aliphatic carbocycles. The number of esters is 1. The van der Waals surface area contributed by atoms with Gasteiger partial charge in [0, 0.05) is 17.4 Å². The van der Waals surface area contributed by atoms with Gasteiger partial charge in [-0.1, -0.05) is 0 Å². The van der Waals surface area contributed by atoms with E-state index in [0.717, 1.165) is 15.8 Å². The lowest BCUT2D eigenvalue weighted by atomic mass is 10.2. The first kappa shape index (κ1) is 19.6. The molecule has 0 spiro atoms. The topological polar surface area (TPSA) is 94.9 Å². The van der Waals surface area contributed by atoms with Crippen molar-refractivity contribution in [3.63, 3.8) is 0 Å². The Bertz CT molecular complexity index is 1040. The zero-order valence-electron chi connectivity index (χ0n) is 16.2. The third-order valence-corrected chi connectivity index (χ3v) is 5.19. The Morgan fingerprint density at radius 2 is 1.86 bits per heavy atom. The van der Waals surface area contributed by atoms with Crippen molar-refractivity contribution in [2.24, 2.45) is 5.10 Å². The lowest BCUT2D eigenvalue weighted by Gasteiger charge is -2.13. The Kier molecular flexibility index (Phi) is 5.74. The molecule has 0 aliphatic heterocycles. The third kappa shape index (κ3) is 3.89. The van der Waals surface area contributed by atoms with Gasteiger partial charge in [0.2, 0.25) is 5.75 Å². The number of thiophene rings is 1. The van der Waals surface area contributed by atoms with E-state index >= 15 is 0 Å². The number of hydrogen-bond acceptors (Lipinski definition) is 9. The van der Waals surface area contributed by atoms with E-state index in [4.69, 9.17) is 14.2 Å². The number of carbonyl (C=O) groups is 1. The summed E-state index contributed by atoms with van der Waals surface area (Å²) in [7, 11) is 2.97. The Labute approximate surface area is 166 Å². The number of nitrogens with zero attached hydrogens (tertiary/aromatic N) is 3. The Morgan fingerprint density at radius 1 is 1.18 bits per heavy atom. The highest BCUT2D eigenvalue weighted by Gasteiger charge is 2.16. The van der Waals surface area contributed by atoms with E-state index in [-0.39, 0.29) is 5.75 Å². The molecule has 3 rings (SSSR count). The van der Waals surface area contributed by atoms with Gasteiger partial charge >= 0.3 is 5.97 Å². The monoisotopic (exact) mass is 400 g/mol. The van der Waals surface area contributed by atoms with Crippen LogP contribution in [0.2, 0.25) is 0 Å². The summed E-state index contributed by atoms with van der Waals surface area (Å²) in [5.74, 6) is 1.13. The van der Waals surface area contributed by atoms with E-state index in [1.54, 1.807) is 29.7 Å². The summed E-state index contributed by atoms with van der Waals surface area (Å²) in [6.07, 6.45) is 3.11. The van der Waals surface area contributed by atoms with Gasteiger partial charge in [0.05, 0.1) is 25.8 Å². The normalized spacial score (nSPS) is 11.0. The van der Waals surface area contributed by atoms with Gasteiger partial charge in [-0.25, -0.2) is 9.97 Å². The number of fused-ring (bicyclic) bond motifs is 1. The first-order valence-corrected chi connectivity index (χ1v) is 9.20. The quantitative estimate of drug-likeness (QED) is 0.292. The van der Waals surface area contributed by atoms with Crippen LogP contribution in [0.1, 0.15) is 22.9 Å². The molecule has 0 saturated heterocycles. The minimum atomic E-state index is -0.464. The predicted molar refractivity (Wildman–Crippen MR) is 109 cm³/mol. The molecule has 8 nitrogen and oxygen atoms in total. The SMILES string of the molecule is COc1cc(/C=N\Nc2ncnc3sc(C)c(C)c23)cc(OC)c1OC(C)=O. The lowest BCUT2D eigenvalue weighted by molar-refractivity contribution is -0.132. The molecular formula is C19H20N4O4S. The van der Waals surface area contributed by atoms with Gasteiger partial charge in [-0.15, -0.1) is 11.3 Å². The summed E-state index contributed by atoms with van der Waals surface area (Å²) in [6, 6.07) is 3.39. The molecule has 0 bridgehead atoms. The number of hydrazone groups is 1. The molecule has 1 N–H and O–H groups in total. The molecule has 2 heterocycles.